The first-order valence-corrected chi connectivity index (χ1v) is 8.53. The Morgan fingerprint density at radius 3 is 2.74 bits per heavy atom. The van der Waals surface area contributed by atoms with E-state index in [1.54, 1.807) is 0 Å². The quantitative estimate of drug-likeness (QED) is 0.847. The van der Waals surface area contributed by atoms with Crippen LogP contribution in [0.5, 0.6) is 0 Å². The summed E-state index contributed by atoms with van der Waals surface area (Å²) in [5.74, 6) is 0.832. The second-order valence-corrected chi connectivity index (χ2v) is 6.36. The highest BCUT2D eigenvalue weighted by Gasteiger charge is 2.23. The molecule has 3 nitrogen and oxygen atoms in total. The maximum absolute atomic E-state index is 12.5. The van der Waals surface area contributed by atoms with E-state index in [4.69, 9.17) is 0 Å². The fourth-order valence-corrected chi connectivity index (χ4v) is 3.33. The van der Waals surface area contributed by atoms with Crippen molar-refractivity contribution in [1.82, 2.24) is 9.88 Å². The molecule has 0 bridgehead atoms. The van der Waals surface area contributed by atoms with Crippen LogP contribution >= 0.6 is 0 Å². The van der Waals surface area contributed by atoms with Gasteiger partial charge in [0.25, 0.3) is 0 Å². The average molecular weight is 308 g/mol. The maximum atomic E-state index is 12.5. The van der Waals surface area contributed by atoms with Crippen molar-refractivity contribution in [3.63, 3.8) is 0 Å². The minimum absolute atomic E-state index is 0.291. The molecule has 0 radical (unpaired) electrons. The summed E-state index contributed by atoms with van der Waals surface area (Å²) in [6, 6.07) is 16.3. The second-order valence-electron chi connectivity index (χ2n) is 6.36. The predicted molar refractivity (Wildman–Crippen MR) is 92.0 cm³/mol. The lowest BCUT2D eigenvalue weighted by Crippen LogP contribution is -2.40. The highest BCUT2D eigenvalue weighted by Crippen LogP contribution is 2.21. The lowest BCUT2D eigenvalue weighted by Gasteiger charge is -2.33. The molecule has 2 aromatic rings. The zero-order valence-corrected chi connectivity index (χ0v) is 13.5. The van der Waals surface area contributed by atoms with Gasteiger partial charge in [0.05, 0.1) is 0 Å². The number of likely N-dealkylation sites (tertiary alicyclic amines) is 1. The molecule has 1 saturated heterocycles. The smallest absolute Gasteiger partial charge is 0.222 e. The first-order chi connectivity index (χ1) is 11.3. The van der Waals surface area contributed by atoms with Crippen molar-refractivity contribution in [2.75, 3.05) is 13.1 Å². The van der Waals surface area contributed by atoms with E-state index in [1.165, 1.54) is 12.0 Å². The lowest BCUT2D eigenvalue weighted by atomic mass is 9.93. The van der Waals surface area contributed by atoms with Crippen molar-refractivity contribution < 1.29 is 4.79 Å². The molecule has 0 aliphatic carbocycles. The van der Waals surface area contributed by atoms with E-state index in [0.717, 1.165) is 38.0 Å². The number of carbonyl (C=O) groups is 1. The zero-order valence-electron chi connectivity index (χ0n) is 13.5. The third-order valence-corrected chi connectivity index (χ3v) is 4.57. The van der Waals surface area contributed by atoms with Crippen LogP contribution in [0.2, 0.25) is 0 Å². The van der Waals surface area contributed by atoms with E-state index >= 15 is 0 Å². The summed E-state index contributed by atoms with van der Waals surface area (Å²) in [5, 5.41) is 0. The van der Waals surface area contributed by atoms with E-state index in [2.05, 4.69) is 28.1 Å². The molecule has 1 aliphatic heterocycles. The SMILES string of the molecule is O=C(CCc1ccccc1)N1CCC[C@@H](Cc2ccccn2)C1. The lowest BCUT2D eigenvalue weighted by molar-refractivity contribution is -0.133. The van der Waals surface area contributed by atoms with Gasteiger partial charge in [-0.1, -0.05) is 36.4 Å². The minimum Gasteiger partial charge on any atom is -0.342 e. The molecule has 1 fully saturated rings. The Labute approximate surface area is 138 Å². The molecule has 0 unspecified atom stereocenters. The number of hydrogen-bond donors (Lipinski definition) is 0. The number of benzene rings is 1. The van der Waals surface area contributed by atoms with Crippen LogP contribution in [-0.2, 0) is 17.6 Å². The third kappa shape index (κ3) is 4.65. The normalized spacial score (nSPS) is 17.9. The van der Waals surface area contributed by atoms with Crippen LogP contribution in [0.15, 0.2) is 54.7 Å². The summed E-state index contributed by atoms with van der Waals surface area (Å²) < 4.78 is 0. The fraction of sp³-hybridized carbons (Fsp3) is 0.400. The molecule has 1 aromatic heterocycles. The molecule has 1 aromatic carbocycles. The van der Waals surface area contributed by atoms with E-state index < -0.39 is 0 Å². The Morgan fingerprint density at radius 1 is 1.13 bits per heavy atom. The molecule has 0 N–H and O–H groups in total. The zero-order chi connectivity index (χ0) is 15.9. The van der Waals surface area contributed by atoms with E-state index in [9.17, 15) is 4.79 Å². The van der Waals surface area contributed by atoms with Gasteiger partial charge in [-0.2, -0.15) is 0 Å². The molecule has 3 heteroatoms. The van der Waals surface area contributed by atoms with Gasteiger partial charge in [0.15, 0.2) is 0 Å². The monoisotopic (exact) mass is 308 g/mol. The number of aryl methyl sites for hydroxylation is 1. The Kier molecular flexibility index (Phi) is 5.41. The molecule has 2 heterocycles. The van der Waals surface area contributed by atoms with Crippen LogP contribution in [-0.4, -0.2) is 28.9 Å². The first kappa shape index (κ1) is 15.7. The van der Waals surface area contributed by atoms with Gasteiger partial charge in [0.1, 0.15) is 0 Å². The van der Waals surface area contributed by atoms with Gasteiger partial charge in [-0.25, -0.2) is 0 Å². The molecule has 120 valence electrons. The number of hydrogen-bond acceptors (Lipinski definition) is 2. The van der Waals surface area contributed by atoms with Gasteiger partial charge in [0.2, 0.25) is 5.91 Å². The Bertz CT molecular complexity index is 612. The molecule has 1 atom stereocenters. The summed E-state index contributed by atoms with van der Waals surface area (Å²) in [4.78, 5) is 19.0. The fourth-order valence-electron chi connectivity index (χ4n) is 3.33. The van der Waals surface area contributed by atoms with Gasteiger partial charge in [-0.3, -0.25) is 9.78 Å². The number of amides is 1. The highest BCUT2D eigenvalue weighted by atomic mass is 16.2. The number of piperidine rings is 1. The van der Waals surface area contributed by atoms with Crippen molar-refractivity contribution in [3.05, 3.63) is 66.0 Å². The van der Waals surface area contributed by atoms with Gasteiger partial charge in [-0.15, -0.1) is 0 Å². The number of carbonyl (C=O) groups excluding carboxylic acids is 1. The maximum Gasteiger partial charge on any atom is 0.222 e. The Hall–Kier alpha value is -2.16. The number of nitrogens with zero attached hydrogens (tertiary/aromatic N) is 2. The number of rotatable bonds is 5. The van der Waals surface area contributed by atoms with Crippen molar-refractivity contribution in [2.24, 2.45) is 5.92 Å². The number of aromatic nitrogens is 1. The molecule has 3 rings (SSSR count). The van der Waals surface area contributed by atoms with Gasteiger partial charge in [-0.05, 0) is 49.3 Å². The van der Waals surface area contributed by atoms with Crippen LogP contribution in [0.4, 0.5) is 0 Å². The van der Waals surface area contributed by atoms with Crippen molar-refractivity contribution in [2.45, 2.75) is 32.1 Å². The van der Waals surface area contributed by atoms with Gasteiger partial charge in [0, 0.05) is 31.4 Å². The summed E-state index contributed by atoms with van der Waals surface area (Å²) in [6.07, 6.45) is 6.57. The topological polar surface area (TPSA) is 33.2 Å². The molecule has 23 heavy (non-hydrogen) atoms. The molecule has 1 amide bonds. The highest BCUT2D eigenvalue weighted by molar-refractivity contribution is 5.76. The predicted octanol–water partition coefficient (Wildman–Crippen LogP) is 3.50. The molecule has 0 spiro atoms. The average Bonchev–Trinajstić information content (AvgIpc) is 2.62. The van der Waals surface area contributed by atoms with E-state index in [1.807, 2.05) is 36.5 Å². The van der Waals surface area contributed by atoms with Crippen LogP contribution < -0.4 is 0 Å². The summed E-state index contributed by atoms with van der Waals surface area (Å²) in [7, 11) is 0. The standard InChI is InChI=1S/C20H24N2O/c23-20(12-11-17-7-2-1-3-8-17)22-14-6-9-18(16-22)15-19-10-4-5-13-21-19/h1-5,7-8,10,13,18H,6,9,11-12,14-16H2/t18-/m0/s1. The Balaban J connectivity index is 1.50. The minimum atomic E-state index is 0.291. The first-order valence-electron chi connectivity index (χ1n) is 8.53. The van der Waals surface area contributed by atoms with Gasteiger partial charge < -0.3 is 4.90 Å². The molecular formula is C20H24N2O. The Morgan fingerprint density at radius 2 is 1.96 bits per heavy atom. The van der Waals surface area contributed by atoms with E-state index in [-0.39, 0.29) is 0 Å². The van der Waals surface area contributed by atoms with E-state index in [0.29, 0.717) is 18.2 Å². The molecule has 1 aliphatic rings. The third-order valence-electron chi connectivity index (χ3n) is 4.57. The summed E-state index contributed by atoms with van der Waals surface area (Å²) in [6.45, 7) is 1.79. The van der Waals surface area contributed by atoms with Crippen molar-refractivity contribution in [3.8, 4) is 0 Å². The van der Waals surface area contributed by atoms with Crippen LogP contribution in [0.25, 0.3) is 0 Å². The van der Waals surface area contributed by atoms with Crippen molar-refractivity contribution >= 4 is 5.91 Å². The van der Waals surface area contributed by atoms with Crippen LogP contribution in [0.3, 0.4) is 0 Å². The molecular weight excluding hydrogens is 284 g/mol. The van der Waals surface area contributed by atoms with Crippen LogP contribution in [0, 0.1) is 5.92 Å². The van der Waals surface area contributed by atoms with Gasteiger partial charge >= 0.3 is 0 Å². The molecule has 0 saturated carbocycles. The van der Waals surface area contributed by atoms with Crippen molar-refractivity contribution in [1.29, 1.82) is 0 Å². The summed E-state index contributed by atoms with van der Waals surface area (Å²) in [5.41, 5.74) is 2.37. The van der Waals surface area contributed by atoms with Crippen LogP contribution in [0.1, 0.15) is 30.5 Å². The number of pyridine rings is 1. The second kappa shape index (κ2) is 7.91. The summed E-state index contributed by atoms with van der Waals surface area (Å²) >= 11 is 0. The largest absolute Gasteiger partial charge is 0.342 e.